The van der Waals surface area contributed by atoms with Gasteiger partial charge in [-0.05, 0) is 24.5 Å². The van der Waals surface area contributed by atoms with Crippen molar-refractivity contribution in [1.29, 1.82) is 0 Å². The third-order valence-electron chi connectivity index (χ3n) is 3.75. The topological polar surface area (TPSA) is 117 Å². The normalized spacial score (nSPS) is 14.1. The van der Waals surface area contributed by atoms with E-state index in [0.29, 0.717) is 0 Å². The number of nitrogens with one attached hydrogen (secondary N) is 1. The van der Waals surface area contributed by atoms with Crippen LogP contribution in [0.1, 0.15) is 58.3 Å². The van der Waals surface area contributed by atoms with Crippen molar-refractivity contribution in [3.8, 4) is 0 Å². The van der Waals surface area contributed by atoms with Crippen molar-refractivity contribution in [3.63, 3.8) is 0 Å². The molecule has 160 valence electrons. The maximum atomic E-state index is 12.6. The number of hydrogen-bond donors (Lipinski definition) is 1. The molecule has 0 aliphatic rings. The minimum Gasteiger partial charge on any atom is -0.595 e. The third kappa shape index (κ3) is 8.33. The summed E-state index contributed by atoms with van der Waals surface area (Å²) in [6.45, 7) is 10.2. The summed E-state index contributed by atoms with van der Waals surface area (Å²) in [5, 5.41) is 14.5. The van der Waals surface area contributed by atoms with E-state index in [-0.39, 0.29) is 17.9 Å². The van der Waals surface area contributed by atoms with Crippen LogP contribution in [0, 0.1) is 5.92 Å². The van der Waals surface area contributed by atoms with Gasteiger partial charge in [-0.25, -0.2) is 9.59 Å². The Bertz CT molecular complexity index is 737. The SMILES string of the molecule is CC[C@H](NC(=O)[C@H](N=C([O-])OC(C)(C)C)C(C)C)C(=O)OC(=O)c1ccccc1. The predicted molar refractivity (Wildman–Crippen MR) is 106 cm³/mol. The Morgan fingerprint density at radius 3 is 2.21 bits per heavy atom. The Hall–Kier alpha value is -2.90. The van der Waals surface area contributed by atoms with Gasteiger partial charge in [-0.2, -0.15) is 0 Å². The fourth-order valence-corrected chi connectivity index (χ4v) is 2.29. The Morgan fingerprint density at radius 2 is 1.72 bits per heavy atom. The van der Waals surface area contributed by atoms with Crippen molar-refractivity contribution < 1.29 is 29.0 Å². The van der Waals surface area contributed by atoms with Crippen LogP contribution in [-0.2, 0) is 19.1 Å². The summed E-state index contributed by atoms with van der Waals surface area (Å²) in [7, 11) is 0. The lowest BCUT2D eigenvalue weighted by Gasteiger charge is -2.31. The molecule has 0 radical (unpaired) electrons. The number of nitrogens with zero attached hydrogens (tertiary/aromatic N) is 1. The molecule has 29 heavy (non-hydrogen) atoms. The highest BCUT2D eigenvalue weighted by atomic mass is 16.6. The smallest absolute Gasteiger partial charge is 0.345 e. The lowest BCUT2D eigenvalue weighted by Crippen LogP contribution is -2.48. The van der Waals surface area contributed by atoms with Crippen LogP contribution < -0.4 is 10.4 Å². The minimum atomic E-state index is -1.05. The zero-order chi connectivity index (χ0) is 22.2. The number of aliphatic imine (C=N–C) groups is 1. The van der Waals surface area contributed by atoms with E-state index in [4.69, 9.17) is 9.47 Å². The number of ether oxygens (including phenoxy) is 2. The molecule has 0 aliphatic heterocycles. The van der Waals surface area contributed by atoms with E-state index in [1.165, 1.54) is 12.1 Å². The first-order valence-electron chi connectivity index (χ1n) is 9.49. The van der Waals surface area contributed by atoms with Gasteiger partial charge in [0.1, 0.15) is 18.2 Å². The highest BCUT2D eigenvalue weighted by molar-refractivity contribution is 5.99. The highest BCUT2D eigenvalue weighted by Crippen LogP contribution is 2.12. The van der Waals surface area contributed by atoms with Crippen molar-refractivity contribution in [1.82, 2.24) is 5.32 Å². The molecule has 8 heteroatoms. The van der Waals surface area contributed by atoms with E-state index in [9.17, 15) is 19.5 Å². The molecule has 0 aliphatic carbocycles. The molecule has 0 bridgehead atoms. The van der Waals surface area contributed by atoms with Gasteiger partial charge in [-0.3, -0.25) is 9.79 Å². The zero-order valence-corrected chi connectivity index (χ0v) is 17.7. The summed E-state index contributed by atoms with van der Waals surface area (Å²) in [5.41, 5.74) is -0.520. The summed E-state index contributed by atoms with van der Waals surface area (Å²) < 4.78 is 9.99. The fourth-order valence-electron chi connectivity index (χ4n) is 2.29. The molecule has 8 nitrogen and oxygen atoms in total. The Balaban J connectivity index is 2.84. The molecule has 1 rings (SSSR count). The van der Waals surface area contributed by atoms with Crippen molar-refractivity contribution >= 4 is 23.9 Å². The number of amides is 1. The minimum absolute atomic E-state index is 0.198. The Kier molecular flexibility index (Phi) is 8.82. The second kappa shape index (κ2) is 10.6. The Labute approximate surface area is 171 Å². The molecule has 0 spiro atoms. The van der Waals surface area contributed by atoms with Gasteiger partial charge in [0, 0.05) is 5.60 Å². The average molecular weight is 405 g/mol. The van der Waals surface area contributed by atoms with Crippen LogP contribution in [0.15, 0.2) is 35.3 Å². The van der Waals surface area contributed by atoms with Gasteiger partial charge >= 0.3 is 11.9 Å². The first kappa shape index (κ1) is 24.1. The van der Waals surface area contributed by atoms with E-state index in [2.05, 4.69) is 10.3 Å². The van der Waals surface area contributed by atoms with E-state index in [0.717, 1.165) is 0 Å². The maximum Gasteiger partial charge on any atom is 0.345 e. The second-order valence-electron chi connectivity index (χ2n) is 7.84. The fraction of sp³-hybridized carbons (Fsp3) is 0.524. The summed E-state index contributed by atoms with van der Waals surface area (Å²) in [6.07, 6.45) is -0.662. The van der Waals surface area contributed by atoms with Gasteiger partial charge in [0.2, 0.25) is 5.91 Å². The predicted octanol–water partition coefficient (Wildman–Crippen LogP) is 1.82. The summed E-state index contributed by atoms with van der Waals surface area (Å²) in [5.74, 6) is -2.62. The molecule has 0 aromatic heterocycles. The summed E-state index contributed by atoms with van der Waals surface area (Å²) in [4.78, 5) is 40.8. The molecule has 1 N–H and O–H groups in total. The van der Waals surface area contributed by atoms with Crippen molar-refractivity contribution in [2.75, 3.05) is 0 Å². The first-order valence-corrected chi connectivity index (χ1v) is 9.49. The van der Waals surface area contributed by atoms with E-state index in [1.54, 1.807) is 59.7 Å². The summed E-state index contributed by atoms with van der Waals surface area (Å²) >= 11 is 0. The molecule has 2 atom stereocenters. The quantitative estimate of drug-likeness (QED) is 0.320. The maximum absolute atomic E-state index is 12.6. The number of benzene rings is 1. The van der Waals surface area contributed by atoms with Crippen LogP contribution in [-0.4, -0.2) is 41.6 Å². The standard InChI is InChI=1S/C21H30N2O6/c1-7-15(19(26)28-18(25)14-11-9-8-10-12-14)22-17(24)16(13(2)3)23-20(27)29-21(4,5)6/h8-13,15-16H,7H2,1-6H3,(H,22,24)(H,23,27)/p-1/t15-,16+/m0/s1. The largest absolute Gasteiger partial charge is 0.595 e. The van der Waals surface area contributed by atoms with Crippen molar-refractivity contribution in [2.24, 2.45) is 10.9 Å². The molecule has 1 aromatic carbocycles. The van der Waals surface area contributed by atoms with Gasteiger partial charge in [-0.15, -0.1) is 0 Å². The van der Waals surface area contributed by atoms with E-state index < -0.39 is 41.6 Å². The van der Waals surface area contributed by atoms with Crippen molar-refractivity contribution in [3.05, 3.63) is 35.9 Å². The van der Waals surface area contributed by atoms with Gasteiger partial charge in [-0.1, -0.05) is 59.7 Å². The Morgan fingerprint density at radius 1 is 1.14 bits per heavy atom. The van der Waals surface area contributed by atoms with E-state index in [1.807, 2.05) is 0 Å². The molecular weight excluding hydrogens is 376 g/mol. The number of hydrogen-bond acceptors (Lipinski definition) is 7. The average Bonchev–Trinajstić information content (AvgIpc) is 2.62. The van der Waals surface area contributed by atoms with Crippen LogP contribution >= 0.6 is 0 Å². The van der Waals surface area contributed by atoms with Gasteiger partial charge in [0.05, 0.1) is 5.56 Å². The first-order chi connectivity index (χ1) is 13.4. The number of rotatable bonds is 7. The second-order valence-corrected chi connectivity index (χ2v) is 7.84. The lowest BCUT2D eigenvalue weighted by atomic mass is 10.0. The van der Waals surface area contributed by atoms with Gasteiger partial charge in [0.15, 0.2) is 0 Å². The van der Waals surface area contributed by atoms with Crippen LogP contribution in [0.2, 0.25) is 0 Å². The monoisotopic (exact) mass is 405 g/mol. The summed E-state index contributed by atoms with van der Waals surface area (Å²) in [6, 6.07) is 5.96. The van der Waals surface area contributed by atoms with Crippen LogP contribution in [0.4, 0.5) is 0 Å². The van der Waals surface area contributed by atoms with Crippen LogP contribution in [0.3, 0.4) is 0 Å². The van der Waals surface area contributed by atoms with Crippen LogP contribution in [0.5, 0.6) is 0 Å². The highest BCUT2D eigenvalue weighted by Gasteiger charge is 2.28. The molecule has 0 saturated carbocycles. The third-order valence-corrected chi connectivity index (χ3v) is 3.75. The molecule has 0 saturated heterocycles. The molecule has 0 heterocycles. The number of carbonyl (C=O) groups excluding carboxylic acids is 3. The number of carbonyl (C=O) groups is 3. The molecular formula is C21H29N2O6-. The lowest BCUT2D eigenvalue weighted by molar-refractivity contribution is -0.261. The molecule has 1 amide bonds. The number of esters is 2. The van der Waals surface area contributed by atoms with Crippen molar-refractivity contribution in [2.45, 2.75) is 65.6 Å². The zero-order valence-electron chi connectivity index (χ0n) is 17.7. The van der Waals surface area contributed by atoms with E-state index >= 15 is 0 Å². The van der Waals surface area contributed by atoms with Crippen LogP contribution in [0.25, 0.3) is 0 Å². The molecule has 0 fully saturated rings. The molecule has 1 aromatic rings. The molecule has 0 unspecified atom stereocenters. The van der Waals surface area contributed by atoms with Gasteiger partial charge < -0.3 is 19.9 Å². The van der Waals surface area contributed by atoms with Gasteiger partial charge in [0.25, 0.3) is 0 Å².